The molecule has 2 aromatic carbocycles. The molecule has 0 aromatic heterocycles. The van der Waals surface area contributed by atoms with Crippen molar-refractivity contribution in [1.82, 2.24) is 0 Å². The van der Waals surface area contributed by atoms with Gasteiger partial charge in [-0.2, -0.15) is 0 Å². The molecule has 0 amide bonds. The van der Waals surface area contributed by atoms with Crippen LogP contribution >= 0.6 is 11.8 Å². The fourth-order valence-corrected chi connectivity index (χ4v) is 2.94. The Morgan fingerprint density at radius 2 is 1.89 bits per heavy atom. The lowest BCUT2D eigenvalue weighted by molar-refractivity contribution is 0.104. The number of fused-ring (bicyclic) bond motifs is 1. The lowest BCUT2D eigenvalue weighted by atomic mass is 10.1. The molecule has 0 aliphatic carbocycles. The fraction of sp³-hybridized carbons (Fsp3) is 0. The highest BCUT2D eigenvalue weighted by atomic mass is 32.2. The van der Waals surface area contributed by atoms with Gasteiger partial charge in [0.15, 0.2) is 0 Å². The smallest absolute Gasteiger partial charge is 0.200 e. The van der Waals surface area contributed by atoms with Crippen molar-refractivity contribution in [2.45, 2.75) is 4.90 Å². The van der Waals surface area contributed by atoms with Gasteiger partial charge in [-0.3, -0.25) is 4.79 Å². The third-order valence-electron chi connectivity index (χ3n) is 2.72. The molecule has 1 heterocycles. The summed E-state index contributed by atoms with van der Waals surface area (Å²) in [6, 6.07) is 13.7. The Kier molecular flexibility index (Phi) is 2.76. The zero-order valence-electron chi connectivity index (χ0n) is 9.39. The van der Waals surface area contributed by atoms with Gasteiger partial charge in [0.2, 0.25) is 5.78 Å². The summed E-state index contributed by atoms with van der Waals surface area (Å²) < 4.78 is 13.1. The van der Waals surface area contributed by atoms with E-state index in [2.05, 4.69) is 0 Å². The van der Waals surface area contributed by atoms with Crippen LogP contribution in [0.1, 0.15) is 15.9 Å². The van der Waals surface area contributed by atoms with Gasteiger partial charge in [0.05, 0.1) is 4.91 Å². The SMILES string of the molecule is O=C1/C(=C\c2cccc(F)c2)Sc2ccccc21. The van der Waals surface area contributed by atoms with Crippen molar-refractivity contribution in [2.24, 2.45) is 0 Å². The molecule has 1 nitrogen and oxygen atoms in total. The first-order chi connectivity index (χ1) is 8.74. The lowest BCUT2D eigenvalue weighted by Gasteiger charge is -1.96. The van der Waals surface area contributed by atoms with E-state index < -0.39 is 0 Å². The molecule has 0 atom stereocenters. The monoisotopic (exact) mass is 256 g/mol. The van der Waals surface area contributed by atoms with E-state index in [1.165, 1.54) is 23.9 Å². The molecule has 1 aliphatic rings. The zero-order chi connectivity index (χ0) is 12.5. The van der Waals surface area contributed by atoms with E-state index in [0.29, 0.717) is 10.5 Å². The largest absolute Gasteiger partial charge is 0.288 e. The number of thioether (sulfide) groups is 1. The molecule has 0 N–H and O–H groups in total. The fourth-order valence-electron chi connectivity index (χ4n) is 1.88. The maximum atomic E-state index is 13.1. The van der Waals surface area contributed by atoms with E-state index >= 15 is 0 Å². The predicted octanol–water partition coefficient (Wildman–Crippen LogP) is 4.16. The van der Waals surface area contributed by atoms with Crippen molar-refractivity contribution in [3.8, 4) is 0 Å². The molecule has 0 bridgehead atoms. The van der Waals surface area contributed by atoms with E-state index in [1.807, 2.05) is 24.3 Å². The summed E-state index contributed by atoms with van der Waals surface area (Å²) in [6.07, 6.45) is 1.73. The standard InChI is InChI=1S/C15H9FOS/c16-11-5-3-4-10(8-11)9-14-15(17)12-6-1-2-7-13(12)18-14/h1-9H/b14-9+. The summed E-state index contributed by atoms with van der Waals surface area (Å²) in [6.45, 7) is 0. The van der Waals surface area contributed by atoms with E-state index in [4.69, 9.17) is 0 Å². The number of hydrogen-bond donors (Lipinski definition) is 0. The van der Waals surface area contributed by atoms with Gasteiger partial charge in [-0.25, -0.2) is 4.39 Å². The highest BCUT2D eigenvalue weighted by Gasteiger charge is 2.24. The summed E-state index contributed by atoms with van der Waals surface area (Å²) in [5.41, 5.74) is 1.43. The molecule has 0 unspecified atom stereocenters. The minimum atomic E-state index is -0.294. The Morgan fingerprint density at radius 3 is 2.67 bits per heavy atom. The third-order valence-corrected chi connectivity index (χ3v) is 3.82. The van der Waals surface area contributed by atoms with Crippen molar-refractivity contribution < 1.29 is 9.18 Å². The first-order valence-corrected chi connectivity index (χ1v) is 6.34. The first-order valence-electron chi connectivity index (χ1n) is 5.53. The highest BCUT2D eigenvalue weighted by molar-refractivity contribution is 8.04. The molecule has 2 aromatic rings. The number of halogens is 1. The summed E-state index contributed by atoms with van der Waals surface area (Å²) >= 11 is 1.43. The van der Waals surface area contributed by atoms with E-state index in [1.54, 1.807) is 18.2 Å². The Balaban J connectivity index is 1.99. The van der Waals surface area contributed by atoms with Crippen LogP contribution in [-0.4, -0.2) is 5.78 Å². The van der Waals surface area contributed by atoms with Crippen LogP contribution in [-0.2, 0) is 0 Å². The number of hydrogen-bond acceptors (Lipinski definition) is 2. The summed E-state index contributed by atoms with van der Waals surface area (Å²) in [4.78, 5) is 13.7. The molecule has 3 heteroatoms. The quantitative estimate of drug-likeness (QED) is 0.713. The maximum Gasteiger partial charge on any atom is 0.200 e. The normalized spacial score (nSPS) is 16.1. The minimum absolute atomic E-state index is 0.0138. The number of rotatable bonds is 1. The average Bonchev–Trinajstić information content (AvgIpc) is 2.67. The third kappa shape index (κ3) is 1.97. The number of allylic oxidation sites excluding steroid dienone is 1. The Morgan fingerprint density at radius 1 is 1.06 bits per heavy atom. The van der Waals surface area contributed by atoms with Crippen molar-refractivity contribution in [2.75, 3.05) is 0 Å². The number of ketones is 1. The van der Waals surface area contributed by atoms with Crippen molar-refractivity contribution >= 4 is 23.6 Å². The van der Waals surface area contributed by atoms with Crippen molar-refractivity contribution in [1.29, 1.82) is 0 Å². The predicted molar refractivity (Wildman–Crippen MR) is 71.0 cm³/mol. The van der Waals surface area contributed by atoms with Gasteiger partial charge in [0.1, 0.15) is 5.82 Å². The molecule has 1 aliphatic heterocycles. The second kappa shape index (κ2) is 4.42. The number of benzene rings is 2. The van der Waals surface area contributed by atoms with Crippen molar-refractivity contribution in [3.63, 3.8) is 0 Å². The topological polar surface area (TPSA) is 17.1 Å². The molecule has 0 radical (unpaired) electrons. The number of Topliss-reactive ketones (excluding diaryl/α,β-unsaturated/α-hetero) is 1. The number of carbonyl (C=O) groups excluding carboxylic acids is 1. The van der Waals surface area contributed by atoms with Crippen LogP contribution in [0.3, 0.4) is 0 Å². The Bertz CT molecular complexity index is 661. The average molecular weight is 256 g/mol. The van der Waals surface area contributed by atoms with Crippen LogP contribution < -0.4 is 0 Å². The highest BCUT2D eigenvalue weighted by Crippen LogP contribution is 2.40. The van der Waals surface area contributed by atoms with Crippen LogP contribution in [0.25, 0.3) is 6.08 Å². The van der Waals surface area contributed by atoms with Gasteiger partial charge in [-0.1, -0.05) is 36.0 Å². The van der Waals surface area contributed by atoms with Crippen LogP contribution in [0.2, 0.25) is 0 Å². The van der Waals surface area contributed by atoms with Gasteiger partial charge >= 0.3 is 0 Å². The maximum absolute atomic E-state index is 13.1. The van der Waals surface area contributed by atoms with E-state index in [9.17, 15) is 9.18 Å². The molecule has 18 heavy (non-hydrogen) atoms. The van der Waals surface area contributed by atoms with Crippen LogP contribution in [0.5, 0.6) is 0 Å². The Labute approximate surface area is 108 Å². The van der Waals surface area contributed by atoms with Gasteiger partial charge in [0.25, 0.3) is 0 Å². The Hall–Kier alpha value is -1.87. The molecule has 0 saturated heterocycles. The molecular formula is C15H9FOS. The lowest BCUT2D eigenvalue weighted by Crippen LogP contribution is -1.93. The molecule has 3 rings (SSSR count). The summed E-state index contributed by atoms with van der Waals surface area (Å²) in [5.74, 6) is -0.280. The minimum Gasteiger partial charge on any atom is -0.288 e. The molecule has 0 spiro atoms. The summed E-state index contributed by atoms with van der Waals surface area (Å²) in [7, 11) is 0. The van der Waals surface area contributed by atoms with Gasteiger partial charge in [-0.05, 0) is 35.9 Å². The van der Waals surface area contributed by atoms with Crippen LogP contribution in [0.15, 0.2) is 58.3 Å². The molecule has 0 fully saturated rings. The van der Waals surface area contributed by atoms with Crippen LogP contribution in [0, 0.1) is 5.82 Å². The molecule has 88 valence electrons. The molecule has 0 saturated carbocycles. The van der Waals surface area contributed by atoms with E-state index in [-0.39, 0.29) is 11.6 Å². The second-order valence-corrected chi connectivity index (χ2v) is 5.07. The van der Waals surface area contributed by atoms with Gasteiger partial charge in [0, 0.05) is 10.5 Å². The number of carbonyl (C=O) groups is 1. The van der Waals surface area contributed by atoms with Crippen LogP contribution in [0.4, 0.5) is 4.39 Å². The van der Waals surface area contributed by atoms with Gasteiger partial charge < -0.3 is 0 Å². The first kappa shape index (κ1) is 11.2. The zero-order valence-corrected chi connectivity index (χ0v) is 10.2. The summed E-state index contributed by atoms with van der Waals surface area (Å²) in [5, 5.41) is 0. The van der Waals surface area contributed by atoms with Gasteiger partial charge in [-0.15, -0.1) is 0 Å². The van der Waals surface area contributed by atoms with E-state index in [0.717, 1.165) is 10.5 Å². The second-order valence-electron chi connectivity index (χ2n) is 3.99. The van der Waals surface area contributed by atoms with Crippen molar-refractivity contribution in [3.05, 3.63) is 70.4 Å². The molecular weight excluding hydrogens is 247 g/mol.